The number of hydrogen-bond acceptors (Lipinski definition) is 4. The van der Waals surface area contributed by atoms with Crippen LogP contribution in [0.15, 0.2) is 22.7 Å². The van der Waals surface area contributed by atoms with E-state index in [1.54, 1.807) is 6.92 Å². The fourth-order valence-corrected chi connectivity index (χ4v) is 2.73. The minimum absolute atomic E-state index is 0.432. The summed E-state index contributed by atoms with van der Waals surface area (Å²) < 4.78 is 0.834. The lowest BCUT2D eigenvalue weighted by Crippen LogP contribution is -2.22. The average molecular weight is 302 g/mol. The molecule has 1 aromatic carbocycles. The highest BCUT2D eigenvalue weighted by atomic mass is 79.9. The molecule has 0 spiro atoms. The molecule has 1 aliphatic heterocycles. The monoisotopic (exact) mass is 301 g/mol. The summed E-state index contributed by atoms with van der Waals surface area (Å²) in [5.74, 6) is 0. The summed E-state index contributed by atoms with van der Waals surface area (Å²) in [6, 6.07) is 5.63. The minimum atomic E-state index is -0.690. The first-order valence-electron chi connectivity index (χ1n) is 5.57. The molecule has 1 aliphatic rings. The Balaban J connectivity index is 2.21. The highest BCUT2D eigenvalue weighted by Gasteiger charge is 2.29. The van der Waals surface area contributed by atoms with Gasteiger partial charge in [0.05, 0.1) is 18.3 Å². The predicted octanol–water partition coefficient (Wildman–Crippen LogP) is 1.04. The van der Waals surface area contributed by atoms with Crippen molar-refractivity contribution in [3.8, 4) is 0 Å². The number of β-amino-alcohol motifs (C(OH)–C–C–N with tert-alkyl or cyclic N) is 2. The van der Waals surface area contributed by atoms with Crippen LogP contribution in [0.3, 0.4) is 0 Å². The second-order valence-electron chi connectivity index (χ2n) is 4.42. The molecule has 17 heavy (non-hydrogen) atoms. The first kappa shape index (κ1) is 12.8. The van der Waals surface area contributed by atoms with Crippen LogP contribution in [0.2, 0.25) is 0 Å². The number of nitrogens with zero attached hydrogens (tertiary/aromatic N) is 1. The second-order valence-corrected chi connectivity index (χ2v) is 5.28. The molecule has 2 unspecified atom stereocenters. The first-order valence-corrected chi connectivity index (χ1v) is 6.37. The molecule has 2 rings (SSSR count). The van der Waals surface area contributed by atoms with E-state index in [2.05, 4.69) is 15.9 Å². The smallest absolute Gasteiger partial charge is 0.0990 e. The van der Waals surface area contributed by atoms with E-state index < -0.39 is 18.3 Å². The number of halogens is 1. The Hall–Kier alpha value is -0.620. The zero-order valence-electron chi connectivity index (χ0n) is 9.55. The molecule has 5 heteroatoms. The Morgan fingerprint density at radius 2 is 1.88 bits per heavy atom. The molecule has 4 nitrogen and oxygen atoms in total. The Morgan fingerprint density at radius 1 is 1.29 bits per heavy atom. The lowest BCUT2D eigenvalue weighted by atomic mass is 10.1. The lowest BCUT2D eigenvalue weighted by Gasteiger charge is -2.19. The van der Waals surface area contributed by atoms with Gasteiger partial charge in [-0.1, -0.05) is 22.0 Å². The van der Waals surface area contributed by atoms with Gasteiger partial charge in [-0.05, 0) is 24.6 Å². The average Bonchev–Trinajstić information content (AvgIpc) is 2.58. The minimum Gasteiger partial charge on any atom is -0.389 e. The molecule has 1 saturated heterocycles. The van der Waals surface area contributed by atoms with Crippen LogP contribution in [-0.4, -0.2) is 40.6 Å². The molecule has 1 fully saturated rings. The van der Waals surface area contributed by atoms with Gasteiger partial charge >= 0.3 is 0 Å². The number of anilines is 1. The van der Waals surface area contributed by atoms with Gasteiger partial charge in [-0.15, -0.1) is 0 Å². The van der Waals surface area contributed by atoms with Crippen molar-refractivity contribution < 1.29 is 15.3 Å². The molecular formula is C12H16BrNO3. The number of aliphatic hydroxyl groups is 3. The van der Waals surface area contributed by atoms with Gasteiger partial charge in [-0.25, -0.2) is 0 Å². The lowest BCUT2D eigenvalue weighted by molar-refractivity contribution is 0.0572. The Labute approximate surface area is 109 Å². The number of rotatable bonds is 2. The third-order valence-corrected chi connectivity index (χ3v) is 3.75. The van der Waals surface area contributed by atoms with Crippen molar-refractivity contribution in [1.82, 2.24) is 0 Å². The summed E-state index contributed by atoms with van der Waals surface area (Å²) >= 11 is 3.41. The second kappa shape index (κ2) is 4.94. The van der Waals surface area contributed by atoms with Gasteiger partial charge in [0.2, 0.25) is 0 Å². The van der Waals surface area contributed by atoms with Crippen LogP contribution in [-0.2, 0) is 0 Å². The van der Waals surface area contributed by atoms with Gasteiger partial charge in [0.25, 0.3) is 0 Å². The fourth-order valence-electron chi connectivity index (χ4n) is 2.03. The van der Waals surface area contributed by atoms with Gasteiger partial charge in [0.15, 0.2) is 0 Å². The molecule has 3 N–H and O–H groups in total. The molecule has 1 aromatic rings. The van der Waals surface area contributed by atoms with E-state index in [1.807, 2.05) is 23.1 Å². The summed E-state index contributed by atoms with van der Waals surface area (Å²) in [6.07, 6.45) is -1.90. The van der Waals surface area contributed by atoms with Gasteiger partial charge < -0.3 is 20.2 Å². The van der Waals surface area contributed by atoms with Crippen molar-refractivity contribution in [2.24, 2.45) is 0 Å². The third kappa shape index (κ3) is 2.63. The summed E-state index contributed by atoms with van der Waals surface area (Å²) in [5, 5.41) is 28.5. The van der Waals surface area contributed by atoms with Gasteiger partial charge in [0, 0.05) is 23.2 Å². The van der Waals surface area contributed by atoms with Gasteiger partial charge in [-0.3, -0.25) is 0 Å². The van der Waals surface area contributed by atoms with Crippen LogP contribution in [0.5, 0.6) is 0 Å². The molecule has 3 atom stereocenters. The number of benzene rings is 1. The highest BCUT2D eigenvalue weighted by Crippen LogP contribution is 2.29. The molecule has 0 aromatic heterocycles. The summed E-state index contributed by atoms with van der Waals surface area (Å²) in [4.78, 5) is 1.92. The molecule has 94 valence electrons. The van der Waals surface area contributed by atoms with E-state index in [9.17, 15) is 15.3 Å². The Kier molecular flexibility index (Phi) is 3.73. The molecule has 0 radical (unpaired) electrons. The summed E-state index contributed by atoms with van der Waals surface area (Å²) in [7, 11) is 0. The first-order chi connectivity index (χ1) is 7.99. The topological polar surface area (TPSA) is 63.9 Å². The highest BCUT2D eigenvalue weighted by molar-refractivity contribution is 9.10. The van der Waals surface area contributed by atoms with Crippen molar-refractivity contribution >= 4 is 21.6 Å². The quantitative estimate of drug-likeness (QED) is 0.764. The molecule has 0 bridgehead atoms. The maximum absolute atomic E-state index is 9.52. The number of hydrogen-bond donors (Lipinski definition) is 3. The Bertz CT molecular complexity index is 401. The van der Waals surface area contributed by atoms with Crippen LogP contribution in [0.4, 0.5) is 5.69 Å². The van der Waals surface area contributed by atoms with E-state index in [0.29, 0.717) is 13.1 Å². The van der Waals surface area contributed by atoms with Crippen molar-refractivity contribution in [3.05, 3.63) is 28.2 Å². The van der Waals surface area contributed by atoms with E-state index in [4.69, 9.17) is 0 Å². The SMILES string of the molecule is C[C@@H](O)c1ccc(N2CC(O)C(O)C2)cc1Br. The van der Waals surface area contributed by atoms with Crippen LogP contribution >= 0.6 is 15.9 Å². The van der Waals surface area contributed by atoms with Crippen molar-refractivity contribution in [2.45, 2.75) is 25.2 Å². The zero-order valence-corrected chi connectivity index (χ0v) is 11.1. The fraction of sp³-hybridized carbons (Fsp3) is 0.500. The largest absolute Gasteiger partial charge is 0.389 e. The van der Waals surface area contributed by atoms with Crippen LogP contribution < -0.4 is 4.90 Å². The maximum atomic E-state index is 9.52. The van der Waals surface area contributed by atoms with E-state index in [-0.39, 0.29) is 0 Å². The van der Waals surface area contributed by atoms with Crippen LogP contribution in [0.1, 0.15) is 18.6 Å². The molecule has 1 heterocycles. The molecule has 0 amide bonds. The number of aliphatic hydroxyl groups excluding tert-OH is 3. The summed E-state index contributed by atoms with van der Waals surface area (Å²) in [5.41, 5.74) is 1.76. The van der Waals surface area contributed by atoms with Crippen molar-refractivity contribution in [1.29, 1.82) is 0 Å². The van der Waals surface area contributed by atoms with Gasteiger partial charge in [-0.2, -0.15) is 0 Å². The van der Waals surface area contributed by atoms with E-state index in [0.717, 1.165) is 15.7 Å². The third-order valence-electron chi connectivity index (χ3n) is 3.06. The van der Waals surface area contributed by atoms with Crippen LogP contribution in [0.25, 0.3) is 0 Å². The standard InChI is InChI=1S/C12H16BrNO3/c1-7(15)9-3-2-8(4-10(9)13)14-5-11(16)12(17)6-14/h2-4,7,11-12,15-17H,5-6H2,1H3/t7-,11?,12?/m1/s1. The molecular weight excluding hydrogens is 286 g/mol. The Morgan fingerprint density at radius 3 is 2.35 bits per heavy atom. The predicted molar refractivity (Wildman–Crippen MR) is 69.0 cm³/mol. The van der Waals surface area contributed by atoms with Gasteiger partial charge in [0.1, 0.15) is 0 Å². The zero-order chi connectivity index (χ0) is 12.6. The van der Waals surface area contributed by atoms with Crippen LogP contribution in [0, 0.1) is 0 Å². The van der Waals surface area contributed by atoms with E-state index in [1.165, 1.54) is 0 Å². The van der Waals surface area contributed by atoms with Crippen molar-refractivity contribution in [3.63, 3.8) is 0 Å². The molecule has 0 saturated carbocycles. The maximum Gasteiger partial charge on any atom is 0.0990 e. The summed E-state index contributed by atoms with van der Waals surface area (Å²) in [6.45, 7) is 2.58. The van der Waals surface area contributed by atoms with E-state index >= 15 is 0 Å². The normalized spacial score (nSPS) is 26.3. The molecule has 0 aliphatic carbocycles. The van der Waals surface area contributed by atoms with Crippen molar-refractivity contribution in [2.75, 3.05) is 18.0 Å².